The summed E-state index contributed by atoms with van der Waals surface area (Å²) in [5, 5.41) is 0. The summed E-state index contributed by atoms with van der Waals surface area (Å²) in [7, 11) is 0. The summed E-state index contributed by atoms with van der Waals surface area (Å²) in [6, 6.07) is 8.05. The lowest BCUT2D eigenvalue weighted by Gasteiger charge is -2.24. The molecule has 1 amide bonds. The standard InChI is InChI=1S/C19H25N3O2/c1-2-3-6-19(23)22-12-17-5-4-11-21(17)13-18(14-22)24-15-16-7-9-20-10-8-16/h4-5,7-11,18H,2-3,6,12-15H2,1H3/t18-/m1/s1. The number of ether oxygens (including phenoxy) is 1. The van der Waals surface area contributed by atoms with Crippen LogP contribution in [0, 0.1) is 0 Å². The summed E-state index contributed by atoms with van der Waals surface area (Å²) in [4.78, 5) is 18.5. The average Bonchev–Trinajstić information content (AvgIpc) is 2.96. The van der Waals surface area contributed by atoms with Gasteiger partial charge in [-0.1, -0.05) is 13.3 Å². The van der Waals surface area contributed by atoms with Crippen molar-refractivity contribution in [1.29, 1.82) is 0 Å². The molecule has 1 aliphatic rings. The third-order valence-corrected chi connectivity index (χ3v) is 4.43. The fourth-order valence-corrected chi connectivity index (χ4v) is 3.03. The van der Waals surface area contributed by atoms with Crippen molar-refractivity contribution in [3.05, 3.63) is 54.1 Å². The van der Waals surface area contributed by atoms with Crippen LogP contribution in [0.1, 0.15) is 37.4 Å². The predicted octanol–water partition coefficient (Wildman–Crippen LogP) is 3.00. The molecule has 0 spiro atoms. The van der Waals surface area contributed by atoms with Gasteiger partial charge in [-0.2, -0.15) is 0 Å². The van der Waals surface area contributed by atoms with E-state index in [9.17, 15) is 4.79 Å². The van der Waals surface area contributed by atoms with E-state index in [1.807, 2.05) is 23.1 Å². The second-order valence-electron chi connectivity index (χ2n) is 6.32. The van der Waals surface area contributed by atoms with Crippen LogP contribution in [0.2, 0.25) is 0 Å². The van der Waals surface area contributed by atoms with E-state index in [-0.39, 0.29) is 12.0 Å². The van der Waals surface area contributed by atoms with Crippen LogP contribution < -0.4 is 0 Å². The molecule has 0 fully saturated rings. The Kier molecular flexibility index (Phi) is 5.64. The smallest absolute Gasteiger partial charge is 0.223 e. The van der Waals surface area contributed by atoms with Crippen LogP contribution in [-0.4, -0.2) is 33.0 Å². The van der Waals surface area contributed by atoms with Gasteiger partial charge in [0.25, 0.3) is 0 Å². The molecule has 0 unspecified atom stereocenters. The van der Waals surface area contributed by atoms with Gasteiger partial charge in [0.05, 0.1) is 25.8 Å². The molecular formula is C19H25N3O2. The summed E-state index contributed by atoms with van der Waals surface area (Å²) >= 11 is 0. The molecule has 1 atom stereocenters. The monoisotopic (exact) mass is 327 g/mol. The number of amides is 1. The Labute approximate surface area is 143 Å². The summed E-state index contributed by atoms with van der Waals surface area (Å²) in [5.74, 6) is 0.226. The van der Waals surface area contributed by atoms with Crippen molar-refractivity contribution in [3.63, 3.8) is 0 Å². The molecule has 0 aromatic carbocycles. The largest absolute Gasteiger partial charge is 0.370 e. The van der Waals surface area contributed by atoms with Crippen LogP contribution in [0.15, 0.2) is 42.9 Å². The van der Waals surface area contributed by atoms with E-state index in [4.69, 9.17) is 4.74 Å². The Bertz CT molecular complexity index is 654. The van der Waals surface area contributed by atoms with E-state index in [1.165, 1.54) is 5.69 Å². The number of aromatic nitrogens is 2. The molecule has 0 bridgehead atoms. The Morgan fingerprint density at radius 1 is 1.29 bits per heavy atom. The van der Waals surface area contributed by atoms with Crippen LogP contribution in [0.25, 0.3) is 0 Å². The molecule has 3 heterocycles. The second kappa shape index (κ2) is 8.11. The fraction of sp³-hybridized carbons (Fsp3) is 0.474. The van der Waals surface area contributed by atoms with Gasteiger partial charge >= 0.3 is 0 Å². The van der Waals surface area contributed by atoms with E-state index >= 15 is 0 Å². The summed E-state index contributed by atoms with van der Waals surface area (Å²) in [6.45, 7) is 4.76. The van der Waals surface area contributed by atoms with E-state index in [0.717, 1.165) is 24.9 Å². The normalized spacial score (nSPS) is 17.4. The van der Waals surface area contributed by atoms with Crippen molar-refractivity contribution in [2.75, 3.05) is 6.54 Å². The zero-order valence-corrected chi connectivity index (χ0v) is 14.2. The molecule has 1 aliphatic heterocycles. The van der Waals surface area contributed by atoms with E-state index < -0.39 is 0 Å². The molecule has 2 aromatic heterocycles. The number of nitrogens with zero attached hydrogens (tertiary/aromatic N) is 3. The minimum Gasteiger partial charge on any atom is -0.370 e. The molecular weight excluding hydrogens is 302 g/mol. The second-order valence-corrected chi connectivity index (χ2v) is 6.32. The van der Waals surface area contributed by atoms with Gasteiger partial charge in [0.1, 0.15) is 0 Å². The quantitative estimate of drug-likeness (QED) is 0.819. The van der Waals surface area contributed by atoms with Gasteiger partial charge in [0.15, 0.2) is 0 Å². The first-order valence-corrected chi connectivity index (χ1v) is 8.68. The average molecular weight is 327 g/mol. The lowest BCUT2D eigenvalue weighted by atomic mass is 10.2. The lowest BCUT2D eigenvalue weighted by Crippen LogP contribution is -2.37. The number of rotatable bonds is 6. The molecule has 0 N–H and O–H groups in total. The highest BCUT2D eigenvalue weighted by Gasteiger charge is 2.25. The number of hydrogen-bond donors (Lipinski definition) is 0. The van der Waals surface area contributed by atoms with Crippen LogP contribution in [0.4, 0.5) is 0 Å². The molecule has 5 heteroatoms. The van der Waals surface area contributed by atoms with Gasteiger partial charge < -0.3 is 14.2 Å². The summed E-state index contributed by atoms with van der Waals surface area (Å²) in [5.41, 5.74) is 2.28. The van der Waals surface area contributed by atoms with Crippen molar-refractivity contribution in [2.45, 2.75) is 52.0 Å². The Morgan fingerprint density at radius 2 is 2.12 bits per heavy atom. The van der Waals surface area contributed by atoms with Crippen molar-refractivity contribution >= 4 is 5.91 Å². The fourth-order valence-electron chi connectivity index (χ4n) is 3.03. The molecule has 0 radical (unpaired) electrons. The first-order chi connectivity index (χ1) is 11.8. The zero-order chi connectivity index (χ0) is 16.8. The van der Waals surface area contributed by atoms with Crippen molar-refractivity contribution < 1.29 is 9.53 Å². The van der Waals surface area contributed by atoms with Gasteiger partial charge in [-0.3, -0.25) is 9.78 Å². The van der Waals surface area contributed by atoms with Crippen molar-refractivity contribution in [2.24, 2.45) is 0 Å². The van der Waals surface area contributed by atoms with Crippen molar-refractivity contribution in [1.82, 2.24) is 14.5 Å². The van der Waals surface area contributed by atoms with Crippen molar-refractivity contribution in [3.8, 4) is 0 Å². The van der Waals surface area contributed by atoms with E-state index in [1.54, 1.807) is 12.4 Å². The molecule has 2 aromatic rings. The van der Waals surface area contributed by atoms with Gasteiger partial charge in [0.2, 0.25) is 5.91 Å². The molecule has 24 heavy (non-hydrogen) atoms. The maximum Gasteiger partial charge on any atom is 0.223 e. The topological polar surface area (TPSA) is 47.4 Å². The van der Waals surface area contributed by atoms with Gasteiger partial charge in [-0.15, -0.1) is 0 Å². The Hall–Kier alpha value is -2.14. The maximum absolute atomic E-state index is 12.5. The first-order valence-electron chi connectivity index (χ1n) is 8.68. The number of carbonyl (C=O) groups is 1. The Morgan fingerprint density at radius 3 is 2.92 bits per heavy atom. The third-order valence-electron chi connectivity index (χ3n) is 4.43. The molecule has 0 saturated carbocycles. The summed E-state index contributed by atoms with van der Waals surface area (Å²) in [6.07, 6.45) is 8.22. The third kappa shape index (κ3) is 4.23. The molecule has 128 valence electrons. The van der Waals surface area contributed by atoms with E-state index in [0.29, 0.717) is 26.1 Å². The van der Waals surface area contributed by atoms with Crippen LogP contribution in [0.3, 0.4) is 0 Å². The van der Waals surface area contributed by atoms with Gasteiger partial charge in [0, 0.05) is 37.3 Å². The van der Waals surface area contributed by atoms with Gasteiger partial charge in [-0.05, 0) is 36.2 Å². The highest BCUT2D eigenvalue weighted by Crippen LogP contribution is 2.18. The number of fused-ring (bicyclic) bond motifs is 1. The lowest BCUT2D eigenvalue weighted by molar-refractivity contribution is -0.134. The van der Waals surface area contributed by atoms with Crippen LogP contribution in [-0.2, 0) is 29.2 Å². The zero-order valence-electron chi connectivity index (χ0n) is 14.2. The van der Waals surface area contributed by atoms with E-state index in [2.05, 4.69) is 28.7 Å². The SMILES string of the molecule is CCCCC(=O)N1Cc2cccn2C[C@@H](OCc2ccncc2)C1. The number of carbonyl (C=O) groups excluding carboxylic acids is 1. The number of pyridine rings is 1. The van der Waals surface area contributed by atoms with Gasteiger partial charge in [-0.25, -0.2) is 0 Å². The molecule has 5 nitrogen and oxygen atoms in total. The number of unbranched alkanes of at least 4 members (excludes halogenated alkanes) is 1. The molecule has 0 saturated heterocycles. The first kappa shape index (κ1) is 16.7. The number of hydrogen-bond acceptors (Lipinski definition) is 3. The predicted molar refractivity (Wildman–Crippen MR) is 92.2 cm³/mol. The maximum atomic E-state index is 12.5. The minimum absolute atomic E-state index is 0.00241. The van der Waals surface area contributed by atoms with Crippen LogP contribution in [0.5, 0.6) is 0 Å². The highest BCUT2D eigenvalue weighted by molar-refractivity contribution is 5.76. The van der Waals surface area contributed by atoms with Crippen LogP contribution >= 0.6 is 0 Å². The Balaban J connectivity index is 1.68. The minimum atomic E-state index is -0.00241. The molecule has 3 rings (SSSR count). The molecule has 0 aliphatic carbocycles. The summed E-state index contributed by atoms with van der Waals surface area (Å²) < 4.78 is 8.32. The highest BCUT2D eigenvalue weighted by atomic mass is 16.5.